The Labute approximate surface area is 178 Å². The van der Waals surface area contributed by atoms with Gasteiger partial charge in [0.1, 0.15) is 12.4 Å². The highest BCUT2D eigenvalue weighted by Crippen LogP contribution is 2.37. The zero-order valence-electron chi connectivity index (χ0n) is 17.8. The molecular formula is C22H25FN4O4. The molecule has 1 fully saturated rings. The van der Waals surface area contributed by atoms with E-state index in [1.54, 1.807) is 17.7 Å². The molecule has 0 saturated carbocycles. The number of anilines is 1. The standard InChI is InChI=1S/C22H25FN4O4/c1-11-19-16(8-22(2,3)9-17(19)28)27(26-11)13-6-14(23)20(21(24)30)15(7-13)25-12-4-5-18(29)31-10-12/h6-7,12,25H,4-5,8-10H2,1-3H3,(H2,24,30)/t12-/m1/s1. The number of ketones is 1. The Morgan fingerprint density at radius 3 is 2.71 bits per heavy atom. The van der Waals surface area contributed by atoms with Gasteiger partial charge in [0.25, 0.3) is 5.91 Å². The number of hydrogen-bond donors (Lipinski definition) is 2. The number of benzene rings is 1. The van der Waals surface area contributed by atoms with Crippen LogP contribution in [0.5, 0.6) is 0 Å². The van der Waals surface area contributed by atoms with Crippen LogP contribution in [0.3, 0.4) is 0 Å². The Kier molecular flexibility index (Phi) is 5.07. The maximum absolute atomic E-state index is 15.0. The van der Waals surface area contributed by atoms with Crippen LogP contribution in [0.1, 0.15) is 65.2 Å². The SMILES string of the molecule is Cc1nn(-c2cc(F)c(C(N)=O)c(N[C@@H]3CCC(=O)OC3)c2)c2c1C(=O)CC(C)(C)C2. The number of hydrogen-bond acceptors (Lipinski definition) is 6. The Morgan fingerprint density at radius 1 is 1.32 bits per heavy atom. The molecule has 1 aliphatic carbocycles. The number of nitrogens with one attached hydrogen (secondary N) is 1. The zero-order valence-corrected chi connectivity index (χ0v) is 17.8. The van der Waals surface area contributed by atoms with Crippen molar-refractivity contribution in [3.05, 3.63) is 40.5 Å². The van der Waals surface area contributed by atoms with Crippen LogP contribution in [0.25, 0.3) is 5.69 Å². The highest BCUT2D eigenvalue weighted by molar-refractivity contribution is 6.00. The van der Waals surface area contributed by atoms with Gasteiger partial charge >= 0.3 is 5.97 Å². The molecule has 31 heavy (non-hydrogen) atoms. The largest absolute Gasteiger partial charge is 0.463 e. The van der Waals surface area contributed by atoms with E-state index in [0.29, 0.717) is 36.2 Å². The molecule has 2 aromatic rings. The molecule has 1 saturated heterocycles. The molecule has 164 valence electrons. The third-order valence-corrected chi connectivity index (χ3v) is 5.79. The van der Waals surface area contributed by atoms with Crippen LogP contribution in [0.15, 0.2) is 12.1 Å². The normalized spacial score (nSPS) is 20.2. The van der Waals surface area contributed by atoms with Crippen molar-refractivity contribution < 1.29 is 23.5 Å². The molecule has 2 heterocycles. The first kappa shape index (κ1) is 21.0. The van der Waals surface area contributed by atoms with Crippen molar-refractivity contribution in [2.45, 2.75) is 52.5 Å². The molecule has 1 atom stereocenters. The second-order valence-corrected chi connectivity index (χ2v) is 9.04. The molecule has 1 amide bonds. The lowest BCUT2D eigenvalue weighted by molar-refractivity contribution is -0.147. The van der Waals surface area contributed by atoms with Crippen LogP contribution in [0.4, 0.5) is 10.1 Å². The minimum atomic E-state index is -0.908. The first-order valence-electron chi connectivity index (χ1n) is 10.2. The first-order chi connectivity index (χ1) is 14.6. The quantitative estimate of drug-likeness (QED) is 0.724. The van der Waals surface area contributed by atoms with Crippen molar-refractivity contribution in [3.8, 4) is 5.69 Å². The number of aryl methyl sites for hydroxylation is 1. The van der Waals surface area contributed by atoms with E-state index in [1.165, 1.54) is 6.07 Å². The fraction of sp³-hybridized carbons (Fsp3) is 0.455. The van der Waals surface area contributed by atoms with E-state index in [4.69, 9.17) is 10.5 Å². The molecule has 0 radical (unpaired) electrons. The van der Waals surface area contributed by atoms with E-state index >= 15 is 0 Å². The van der Waals surface area contributed by atoms with E-state index in [9.17, 15) is 18.8 Å². The number of Topliss-reactive ketones (excluding diaryl/α,β-unsaturated/α-hetero) is 1. The Bertz CT molecular complexity index is 1100. The average Bonchev–Trinajstić information content (AvgIpc) is 2.98. The molecule has 4 rings (SSSR count). The van der Waals surface area contributed by atoms with Gasteiger partial charge in [-0.25, -0.2) is 9.07 Å². The number of primary amides is 1. The van der Waals surface area contributed by atoms with Crippen LogP contribution in [-0.4, -0.2) is 40.1 Å². The Hall–Kier alpha value is -3.23. The second kappa shape index (κ2) is 7.47. The number of carbonyl (C=O) groups excluding carboxylic acids is 3. The minimum absolute atomic E-state index is 0.0200. The number of amides is 1. The maximum atomic E-state index is 15.0. The smallest absolute Gasteiger partial charge is 0.305 e. The fourth-order valence-electron chi connectivity index (χ4n) is 4.41. The van der Waals surface area contributed by atoms with Gasteiger partial charge < -0.3 is 15.8 Å². The number of rotatable bonds is 4. The van der Waals surface area contributed by atoms with Gasteiger partial charge in [0.15, 0.2) is 5.78 Å². The van der Waals surface area contributed by atoms with Crippen LogP contribution in [0, 0.1) is 18.2 Å². The highest BCUT2D eigenvalue weighted by Gasteiger charge is 2.36. The number of esters is 1. The zero-order chi connectivity index (χ0) is 22.5. The summed E-state index contributed by atoms with van der Waals surface area (Å²) in [7, 11) is 0. The van der Waals surface area contributed by atoms with Crippen molar-refractivity contribution >= 4 is 23.3 Å². The van der Waals surface area contributed by atoms with Gasteiger partial charge in [-0.15, -0.1) is 0 Å². The first-order valence-corrected chi connectivity index (χ1v) is 10.2. The molecule has 0 spiro atoms. The van der Waals surface area contributed by atoms with Crippen LogP contribution in [0.2, 0.25) is 0 Å². The number of cyclic esters (lactones) is 1. The molecule has 0 unspecified atom stereocenters. The van der Waals surface area contributed by atoms with Crippen LogP contribution >= 0.6 is 0 Å². The summed E-state index contributed by atoms with van der Waals surface area (Å²) >= 11 is 0. The lowest BCUT2D eigenvalue weighted by Gasteiger charge is -2.29. The predicted octanol–water partition coefficient (Wildman–Crippen LogP) is 2.69. The van der Waals surface area contributed by atoms with Gasteiger partial charge in [-0.3, -0.25) is 14.4 Å². The molecule has 9 heteroatoms. The van der Waals surface area contributed by atoms with Crippen molar-refractivity contribution in [2.75, 3.05) is 11.9 Å². The van der Waals surface area contributed by atoms with Gasteiger partial charge in [0, 0.05) is 18.9 Å². The van der Waals surface area contributed by atoms with E-state index in [-0.39, 0.29) is 47.5 Å². The average molecular weight is 428 g/mol. The number of ether oxygens (including phenoxy) is 1. The summed E-state index contributed by atoms with van der Waals surface area (Å²) in [6.07, 6.45) is 1.75. The van der Waals surface area contributed by atoms with Crippen LogP contribution < -0.4 is 11.1 Å². The highest BCUT2D eigenvalue weighted by atomic mass is 19.1. The lowest BCUT2D eigenvalue weighted by atomic mass is 9.75. The maximum Gasteiger partial charge on any atom is 0.305 e. The molecule has 1 aliphatic heterocycles. The van der Waals surface area contributed by atoms with Crippen molar-refractivity contribution in [1.29, 1.82) is 0 Å². The van der Waals surface area contributed by atoms with E-state index in [1.807, 2.05) is 13.8 Å². The number of carbonyl (C=O) groups is 3. The van der Waals surface area contributed by atoms with E-state index in [0.717, 1.165) is 5.69 Å². The summed E-state index contributed by atoms with van der Waals surface area (Å²) in [5.41, 5.74) is 7.39. The Morgan fingerprint density at radius 2 is 2.06 bits per heavy atom. The summed E-state index contributed by atoms with van der Waals surface area (Å²) < 4.78 is 21.6. The molecule has 1 aromatic heterocycles. The van der Waals surface area contributed by atoms with Crippen LogP contribution in [-0.2, 0) is 16.0 Å². The number of nitrogens with two attached hydrogens (primary N) is 1. The monoisotopic (exact) mass is 428 g/mol. The summed E-state index contributed by atoms with van der Waals surface area (Å²) in [6, 6.07) is 2.52. The summed E-state index contributed by atoms with van der Waals surface area (Å²) in [6.45, 7) is 5.89. The van der Waals surface area contributed by atoms with E-state index in [2.05, 4.69) is 10.4 Å². The van der Waals surface area contributed by atoms with Gasteiger partial charge in [0.05, 0.1) is 39.9 Å². The molecule has 8 nitrogen and oxygen atoms in total. The topological polar surface area (TPSA) is 116 Å². The van der Waals surface area contributed by atoms with Crippen molar-refractivity contribution in [1.82, 2.24) is 9.78 Å². The Balaban J connectivity index is 1.79. The molecule has 1 aromatic carbocycles. The van der Waals surface area contributed by atoms with Crippen molar-refractivity contribution in [3.63, 3.8) is 0 Å². The second-order valence-electron chi connectivity index (χ2n) is 9.04. The summed E-state index contributed by atoms with van der Waals surface area (Å²) in [5.74, 6) is -1.97. The third kappa shape index (κ3) is 3.92. The lowest BCUT2D eigenvalue weighted by Crippen LogP contribution is -2.33. The van der Waals surface area contributed by atoms with Gasteiger partial charge in [-0.05, 0) is 31.2 Å². The van der Waals surface area contributed by atoms with Crippen molar-refractivity contribution in [2.24, 2.45) is 11.1 Å². The number of aromatic nitrogens is 2. The molecule has 3 N–H and O–H groups in total. The van der Waals surface area contributed by atoms with Gasteiger partial charge in [-0.1, -0.05) is 13.8 Å². The molecular weight excluding hydrogens is 403 g/mol. The predicted molar refractivity (Wildman–Crippen MR) is 111 cm³/mol. The summed E-state index contributed by atoms with van der Waals surface area (Å²) in [4.78, 5) is 36.0. The number of fused-ring (bicyclic) bond motifs is 1. The third-order valence-electron chi connectivity index (χ3n) is 5.79. The fourth-order valence-corrected chi connectivity index (χ4v) is 4.41. The van der Waals surface area contributed by atoms with Gasteiger partial charge in [0.2, 0.25) is 0 Å². The molecule has 2 aliphatic rings. The summed E-state index contributed by atoms with van der Waals surface area (Å²) in [5, 5.41) is 7.60. The molecule has 0 bridgehead atoms. The number of nitrogens with zero attached hydrogens (tertiary/aromatic N) is 2. The minimum Gasteiger partial charge on any atom is -0.463 e. The van der Waals surface area contributed by atoms with Gasteiger partial charge in [-0.2, -0.15) is 5.10 Å². The number of halogens is 1. The van der Waals surface area contributed by atoms with E-state index < -0.39 is 11.7 Å².